The first-order valence-corrected chi connectivity index (χ1v) is 16.3. The monoisotopic (exact) mass is 586 g/mol. The summed E-state index contributed by atoms with van der Waals surface area (Å²) in [6.07, 6.45) is 0. The van der Waals surface area contributed by atoms with Crippen LogP contribution in [0.3, 0.4) is 0 Å². The number of fused-ring (bicyclic) bond motifs is 3. The second-order valence-electron chi connectivity index (χ2n) is 12.0. The van der Waals surface area contributed by atoms with Gasteiger partial charge in [0.1, 0.15) is 0 Å². The zero-order valence-electron chi connectivity index (χ0n) is 24.4. The third-order valence-electron chi connectivity index (χ3n) is 9.58. The minimum Gasteiger partial charge on any atom is -0.135 e. The molecule has 0 aliphatic rings. The van der Waals surface area contributed by atoms with Crippen LogP contribution in [0.4, 0.5) is 0 Å². The normalized spacial score (nSPS) is 12.0. The molecular formula is C44H26S. The maximum Gasteiger partial charge on any atom is 0.0361 e. The Hall–Kier alpha value is -5.50. The maximum atomic E-state index is 2.44. The van der Waals surface area contributed by atoms with Crippen molar-refractivity contribution in [3.63, 3.8) is 0 Å². The van der Waals surface area contributed by atoms with Crippen molar-refractivity contribution in [3.05, 3.63) is 158 Å². The Labute approximate surface area is 264 Å². The standard InChI is InChI=1S/C44H26S/c1-2-12-27(13-3-1)30-24-28-14-4-5-16-31(28)37(26-30)42-32-17-6-8-19-34(32)43(35-20-9-7-18-33(35)42)38-25-29-15-10-22-39-41(29)44-36(38)21-11-23-40(44)45-39/h1-26H. The summed E-state index contributed by atoms with van der Waals surface area (Å²) in [6.45, 7) is 0. The van der Waals surface area contributed by atoms with Gasteiger partial charge in [0.15, 0.2) is 0 Å². The summed E-state index contributed by atoms with van der Waals surface area (Å²) >= 11 is 1.90. The summed E-state index contributed by atoms with van der Waals surface area (Å²) in [4.78, 5) is 0. The van der Waals surface area contributed by atoms with Gasteiger partial charge >= 0.3 is 0 Å². The predicted octanol–water partition coefficient (Wildman–Crippen LogP) is 13.1. The van der Waals surface area contributed by atoms with Crippen LogP contribution in [-0.4, -0.2) is 0 Å². The lowest BCUT2D eigenvalue weighted by Gasteiger charge is -2.21. The lowest BCUT2D eigenvalue weighted by Crippen LogP contribution is -1.93. The van der Waals surface area contributed by atoms with E-state index >= 15 is 0 Å². The molecule has 1 heteroatoms. The molecule has 10 rings (SSSR count). The van der Waals surface area contributed by atoms with Gasteiger partial charge in [-0.3, -0.25) is 0 Å². The fourth-order valence-electron chi connectivity index (χ4n) is 7.70. The van der Waals surface area contributed by atoms with Crippen LogP contribution in [-0.2, 0) is 0 Å². The Morgan fingerprint density at radius 2 is 0.822 bits per heavy atom. The van der Waals surface area contributed by atoms with Gasteiger partial charge < -0.3 is 0 Å². The van der Waals surface area contributed by atoms with Gasteiger partial charge in [-0.1, -0.05) is 127 Å². The van der Waals surface area contributed by atoms with E-state index in [0.29, 0.717) is 0 Å². The van der Waals surface area contributed by atoms with Crippen LogP contribution in [0.2, 0.25) is 0 Å². The molecule has 0 radical (unpaired) electrons. The average Bonchev–Trinajstić information content (AvgIpc) is 3.50. The van der Waals surface area contributed by atoms with Crippen molar-refractivity contribution in [2.24, 2.45) is 0 Å². The Bertz CT molecular complexity index is 2690. The zero-order chi connectivity index (χ0) is 29.5. The first-order chi connectivity index (χ1) is 22.3. The molecule has 1 heterocycles. The quantitative estimate of drug-likeness (QED) is 0.143. The smallest absolute Gasteiger partial charge is 0.0361 e. The lowest BCUT2D eigenvalue weighted by atomic mass is 9.82. The number of benzene rings is 9. The van der Waals surface area contributed by atoms with Crippen LogP contribution in [0.5, 0.6) is 0 Å². The molecule has 0 aliphatic carbocycles. The van der Waals surface area contributed by atoms with Gasteiger partial charge in [0.05, 0.1) is 0 Å². The van der Waals surface area contributed by atoms with Gasteiger partial charge in [0.2, 0.25) is 0 Å². The molecule has 0 spiro atoms. The van der Waals surface area contributed by atoms with Crippen molar-refractivity contribution in [2.45, 2.75) is 0 Å². The van der Waals surface area contributed by atoms with E-state index in [4.69, 9.17) is 0 Å². The Morgan fingerprint density at radius 1 is 0.311 bits per heavy atom. The highest BCUT2D eigenvalue weighted by molar-refractivity contribution is 7.26. The molecule has 0 N–H and O–H groups in total. The van der Waals surface area contributed by atoms with E-state index in [-0.39, 0.29) is 0 Å². The predicted molar refractivity (Wildman–Crippen MR) is 197 cm³/mol. The van der Waals surface area contributed by atoms with Crippen molar-refractivity contribution in [1.82, 2.24) is 0 Å². The van der Waals surface area contributed by atoms with E-state index in [2.05, 4.69) is 158 Å². The molecule has 0 bridgehead atoms. The van der Waals surface area contributed by atoms with Gasteiger partial charge in [-0.05, 0) is 107 Å². The molecule has 0 nitrogen and oxygen atoms in total. The molecular weight excluding hydrogens is 561 g/mol. The summed E-state index contributed by atoms with van der Waals surface area (Å²) in [6, 6.07) is 58.5. The molecule has 1 aromatic heterocycles. The maximum absolute atomic E-state index is 2.44. The molecule has 0 amide bonds. The highest BCUT2D eigenvalue weighted by Gasteiger charge is 2.22. The summed E-state index contributed by atoms with van der Waals surface area (Å²) < 4.78 is 2.72. The average molecular weight is 587 g/mol. The Kier molecular flexibility index (Phi) is 5.25. The fourth-order valence-corrected chi connectivity index (χ4v) is 8.87. The molecule has 10 aromatic rings. The van der Waals surface area contributed by atoms with Crippen LogP contribution in [0.1, 0.15) is 0 Å². The highest BCUT2D eigenvalue weighted by atomic mass is 32.1. The second kappa shape index (κ2) is 9.50. The number of thiophene rings is 1. The van der Waals surface area contributed by atoms with E-state index in [1.807, 2.05) is 11.3 Å². The van der Waals surface area contributed by atoms with E-state index in [9.17, 15) is 0 Å². The molecule has 0 atom stereocenters. The summed E-state index contributed by atoms with van der Waals surface area (Å²) in [7, 11) is 0. The summed E-state index contributed by atoms with van der Waals surface area (Å²) in [5.74, 6) is 0. The zero-order valence-corrected chi connectivity index (χ0v) is 25.2. The molecule has 0 unspecified atom stereocenters. The minimum atomic E-state index is 1.23. The number of hydrogen-bond acceptors (Lipinski definition) is 1. The SMILES string of the molecule is c1ccc(-c2cc(-c3c4ccccc4c(-c4cc5cccc6sc7cccc4c7c56)c4ccccc34)c3ccccc3c2)cc1. The first kappa shape index (κ1) is 24.9. The summed E-state index contributed by atoms with van der Waals surface area (Å²) in [5.41, 5.74) is 7.66. The first-order valence-electron chi connectivity index (χ1n) is 15.5. The summed E-state index contributed by atoms with van der Waals surface area (Å²) in [5, 5.41) is 13.1. The van der Waals surface area contributed by atoms with Crippen molar-refractivity contribution in [2.75, 3.05) is 0 Å². The minimum absolute atomic E-state index is 1.23. The Balaban J connectivity index is 1.38. The number of rotatable bonds is 3. The van der Waals surface area contributed by atoms with Crippen molar-refractivity contribution < 1.29 is 0 Å². The van der Waals surface area contributed by atoms with E-state index < -0.39 is 0 Å². The van der Waals surface area contributed by atoms with Crippen LogP contribution < -0.4 is 0 Å². The molecule has 0 aliphatic heterocycles. The van der Waals surface area contributed by atoms with Gasteiger partial charge in [-0.25, -0.2) is 0 Å². The number of hydrogen-bond donors (Lipinski definition) is 0. The van der Waals surface area contributed by atoms with Gasteiger partial charge in [-0.2, -0.15) is 0 Å². The third-order valence-corrected chi connectivity index (χ3v) is 10.7. The van der Waals surface area contributed by atoms with Crippen LogP contribution in [0, 0.1) is 0 Å². The molecule has 0 saturated carbocycles. The van der Waals surface area contributed by atoms with Crippen LogP contribution in [0.25, 0.3) is 96.6 Å². The molecule has 0 fully saturated rings. The van der Waals surface area contributed by atoms with E-state index in [1.54, 1.807) is 0 Å². The van der Waals surface area contributed by atoms with E-state index in [0.717, 1.165) is 0 Å². The van der Waals surface area contributed by atoms with Crippen molar-refractivity contribution >= 4 is 74.6 Å². The molecule has 45 heavy (non-hydrogen) atoms. The highest BCUT2D eigenvalue weighted by Crippen LogP contribution is 2.50. The fraction of sp³-hybridized carbons (Fsp3) is 0. The third kappa shape index (κ3) is 3.59. The van der Waals surface area contributed by atoms with Crippen LogP contribution in [0.15, 0.2) is 158 Å². The Morgan fingerprint density at radius 3 is 1.51 bits per heavy atom. The topological polar surface area (TPSA) is 0 Å². The van der Waals surface area contributed by atoms with Crippen molar-refractivity contribution in [1.29, 1.82) is 0 Å². The van der Waals surface area contributed by atoms with Crippen LogP contribution >= 0.6 is 11.3 Å². The van der Waals surface area contributed by atoms with Gasteiger partial charge in [0.25, 0.3) is 0 Å². The second-order valence-corrected chi connectivity index (χ2v) is 13.1. The largest absolute Gasteiger partial charge is 0.135 e. The molecule has 9 aromatic carbocycles. The lowest BCUT2D eigenvalue weighted by molar-refractivity contribution is 1.64. The van der Waals surface area contributed by atoms with E-state index in [1.165, 1.54) is 96.6 Å². The molecule has 208 valence electrons. The van der Waals surface area contributed by atoms with Gasteiger partial charge in [0, 0.05) is 20.2 Å². The molecule has 0 saturated heterocycles. The van der Waals surface area contributed by atoms with Crippen molar-refractivity contribution in [3.8, 4) is 33.4 Å². The van der Waals surface area contributed by atoms with Gasteiger partial charge in [-0.15, -0.1) is 11.3 Å².